The smallest absolute Gasteiger partial charge is 0.272 e. The van der Waals surface area contributed by atoms with E-state index in [4.69, 9.17) is 9.47 Å². The second kappa shape index (κ2) is 7.56. The monoisotopic (exact) mass is 376 g/mol. The standard InChI is InChI=1S/C21H20N4O3/c1-14-10-17(20(26)25(2)12-15-6-4-3-5-7-15)24-21(22-14)23-16-8-9-18-19(11-16)28-13-27-18/h3-11H,12-13H2,1-2H3,(H,22,23,24). The lowest BCUT2D eigenvalue weighted by Gasteiger charge is -2.17. The fourth-order valence-electron chi connectivity index (χ4n) is 2.96. The van der Waals surface area contributed by atoms with Gasteiger partial charge in [0.1, 0.15) is 5.69 Å². The van der Waals surface area contributed by atoms with Crippen LogP contribution in [0.15, 0.2) is 54.6 Å². The Morgan fingerprint density at radius 2 is 1.86 bits per heavy atom. The van der Waals surface area contributed by atoms with Crippen LogP contribution in [0.4, 0.5) is 11.6 Å². The molecule has 7 nitrogen and oxygen atoms in total. The van der Waals surface area contributed by atoms with E-state index in [1.807, 2.05) is 55.5 Å². The van der Waals surface area contributed by atoms with Crippen LogP contribution in [0.5, 0.6) is 11.5 Å². The fourth-order valence-corrected chi connectivity index (χ4v) is 2.96. The molecule has 7 heteroatoms. The predicted molar refractivity (Wildman–Crippen MR) is 105 cm³/mol. The van der Waals surface area contributed by atoms with Gasteiger partial charge in [-0.1, -0.05) is 30.3 Å². The molecule has 142 valence electrons. The maximum Gasteiger partial charge on any atom is 0.272 e. The maximum atomic E-state index is 12.8. The summed E-state index contributed by atoms with van der Waals surface area (Å²) in [6.45, 7) is 2.56. The molecule has 1 aliphatic rings. The third kappa shape index (κ3) is 3.88. The Morgan fingerprint density at radius 3 is 2.68 bits per heavy atom. The summed E-state index contributed by atoms with van der Waals surface area (Å²) in [5, 5.41) is 3.13. The molecule has 1 N–H and O–H groups in total. The van der Waals surface area contributed by atoms with E-state index in [1.54, 1.807) is 18.0 Å². The Morgan fingerprint density at radius 1 is 1.07 bits per heavy atom. The van der Waals surface area contributed by atoms with E-state index in [9.17, 15) is 4.79 Å². The van der Waals surface area contributed by atoms with Crippen molar-refractivity contribution >= 4 is 17.5 Å². The zero-order valence-electron chi connectivity index (χ0n) is 15.7. The molecule has 0 spiro atoms. The Labute approximate surface area is 163 Å². The molecule has 0 saturated heterocycles. The molecule has 2 aromatic carbocycles. The van der Waals surface area contributed by atoms with Crippen molar-refractivity contribution in [2.45, 2.75) is 13.5 Å². The molecule has 28 heavy (non-hydrogen) atoms. The zero-order chi connectivity index (χ0) is 19.5. The number of hydrogen-bond donors (Lipinski definition) is 1. The average Bonchev–Trinajstić information content (AvgIpc) is 3.15. The number of aromatic nitrogens is 2. The number of nitrogens with zero attached hydrogens (tertiary/aromatic N) is 3. The predicted octanol–water partition coefficient (Wildman–Crippen LogP) is 3.53. The van der Waals surface area contributed by atoms with Crippen LogP contribution >= 0.6 is 0 Å². The molecule has 1 aliphatic heterocycles. The van der Waals surface area contributed by atoms with Crippen molar-refractivity contribution in [3.05, 3.63) is 71.5 Å². The molecule has 2 heterocycles. The molecule has 1 amide bonds. The molecule has 0 fully saturated rings. The van der Waals surface area contributed by atoms with Crippen LogP contribution in [-0.2, 0) is 6.54 Å². The van der Waals surface area contributed by atoms with Gasteiger partial charge in [-0.2, -0.15) is 0 Å². The van der Waals surface area contributed by atoms with Crippen molar-refractivity contribution < 1.29 is 14.3 Å². The summed E-state index contributed by atoms with van der Waals surface area (Å²) in [6, 6.07) is 17.0. The van der Waals surface area contributed by atoms with Gasteiger partial charge in [-0.15, -0.1) is 0 Å². The van der Waals surface area contributed by atoms with Crippen LogP contribution in [0.25, 0.3) is 0 Å². The summed E-state index contributed by atoms with van der Waals surface area (Å²) in [6.07, 6.45) is 0. The first kappa shape index (κ1) is 17.8. The molecule has 0 aliphatic carbocycles. The van der Waals surface area contributed by atoms with Crippen molar-refractivity contribution in [2.24, 2.45) is 0 Å². The number of anilines is 2. The number of rotatable bonds is 5. The maximum absolute atomic E-state index is 12.8. The molecule has 0 atom stereocenters. The molecular weight excluding hydrogens is 356 g/mol. The summed E-state index contributed by atoms with van der Waals surface area (Å²) >= 11 is 0. The summed E-state index contributed by atoms with van der Waals surface area (Å²) in [5.74, 6) is 1.56. The number of carbonyl (C=O) groups is 1. The highest BCUT2D eigenvalue weighted by Gasteiger charge is 2.17. The van der Waals surface area contributed by atoms with Crippen LogP contribution in [0.2, 0.25) is 0 Å². The van der Waals surface area contributed by atoms with E-state index in [2.05, 4.69) is 15.3 Å². The average molecular weight is 376 g/mol. The quantitative estimate of drug-likeness (QED) is 0.734. The third-order valence-electron chi connectivity index (χ3n) is 4.31. The highest BCUT2D eigenvalue weighted by molar-refractivity contribution is 5.92. The van der Waals surface area contributed by atoms with Crippen LogP contribution in [-0.4, -0.2) is 34.6 Å². The van der Waals surface area contributed by atoms with E-state index in [0.29, 0.717) is 35.4 Å². The van der Waals surface area contributed by atoms with Gasteiger partial charge in [0.05, 0.1) is 0 Å². The SMILES string of the molecule is Cc1cc(C(=O)N(C)Cc2ccccc2)nc(Nc2ccc3c(c2)OCO3)n1. The highest BCUT2D eigenvalue weighted by atomic mass is 16.7. The molecule has 0 unspecified atom stereocenters. The second-order valence-corrected chi connectivity index (χ2v) is 6.56. The number of nitrogens with one attached hydrogen (secondary N) is 1. The van der Waals surface area contributed by atoms with Gasteiger partial charge in [-0.05, 0) is 30.7 Å². The minimum Gasteiger partial charge on any atom is -0.454 e. The number of benzene rings is 2. The third-order valence-corrected chi connectivity index (χ3v) is 4.31. The first-order chi connectivity index (χ1) is 13.6. The minimum absolute atomic E-state index is 0.164. The van der Waals surface area contributed by atoms with Gasteiger partial charge in [-0.25, -0.2) is 9.97 Å². The van der Waals surface area contributed by atoms with Gasteiger partial charge in [-0.3, -0.25) is 4.79 Å². The number of amides is 1. The van der Waals surface area contributed by atoms with Gasteiger partial charge < -0.3 is 19.7 Å². The van der Waals surface area contributed by atoms with Gasteiger partial charge in [0.15, 0.2) is 11.5 Å². The van der Waals surface area contributed by atoms with Crippen LogP contribution in [0.1, 0.15) is 21.7 Å². The van der Waals surface area contributed by atoms with E-state index in [0.717, 1.165) is 11.3 Å². The Balaban J connectivity index is 1.52. The lowest BCUT2D eigenvalue weighted by Crippen LogP contribution is -2.27. The minimum atomic E-state index is -0.164. The normalized spacial score (nSPS) is 11.9. The van der Waals surface area contributed by atoms with E-state index in [-0.39, 0.29) is 12.7 Å². The van der Waals surface area contributed by atoms with Crippen molar-refractivity contribution in [1.29, 1.82) is 0 Å². The molecule has 0 radical (unpaired) electrons. The largest absolute Gasteiger partial charge is 0.454 e. The first-order valence-corrected chi connectivity index (χ1v) is 8.90. The number of ether oxygens (including phenoxy) is 2. The first-order valence-electron chi connectivity index (χ1n) is 8.90. The van der Waals surface area contributed by atoms with Crippen molar-refractivity contribution in [3.63, 3.8) is 0 Å². The zero-order valence-corrected chi connectivity index (χ0v) is 15.7. The molecule has 1 aromatic heterocycles. The van der Waals surface area contributed by atoms with Gasteiger partial charge in [0.2, 0.25) is 12.7 Å². The highest BCUT2D eigenvalue weighted by Crippen LogP contribution is 2.34. The Kier molecular flexibility index (Phi) is 4.80. The van der Waals surface area contributed by atoms with Crippen molar-refractivity contribution in [2.75, 3.05) is 19.2 Å². The lowest BCUT2D eigenvalue weighted by molar-refractivity contribution is 0.0779. The fraction of sp³-hybridized carbons (Fsp3) is 0.190. The van der Waals surface area contributed by atoms with Crippen LogP contribution in [0.3, 0.4) is 0 Å². The molecule has 3 aromatic rings. The Hall–Kier alpha value is -3.61. The topological polar surface area (TPSA) is 76.6 Å². The summed E-state index contributed by atoms with van der Waals surface area (Å²) in [5.41, 5.74) is 2.86. The van der Waals surface area contributed by atoms with E-state index >= 15 is 0 Å². The lowest BCUT2D eigenvalue weighted by atomic mass is 10.2. The number of hydrogen-bond acceptors (Lipinski definition) is 6. The molecule has 0 saturated carbocycles. The van der Waals surface area contributed by atoms with Crippen molar-refractivity contribution in [1.82, 2.24) is 14.9 Å². The molecule has 0 bridgehead atoms. The molecular formula is C21H20N4O3. The number of carbonyl (C=O) groups excluding carboxylic acids is 1. The summed E-state index contributed by atoms with van der Waals surface area (Å²) in [4.78, 5) is 23.3. The van der Waals surface area contributed by atoms with Gasteiger partial charge in [0, 0.05) is 31.0 Å². The summed E-state index contributed by atoms with van der Waals surface area (Å²) in [7, 11) is 1.76. The molecule has 4 rings (SSSR count). The van der Waals surface area contributed by atoms with Crippen LogP contribution in [0, 0.1) is 6.92 Å². The number of fused-ring (bicyclic) bond motifs is 1. The summed E-state index contributed by atoms with van der Waals surface area (Å²) < 4.78 is 10.7. The number of aryl methyl sites for hydroxylation is 1. The Bertz CT molecular complexity index is 1010. The van der Waals surface area contributed by atoms with E-state index in [1.165, 1.54) is 0 Å². The van der Waals surface area contributed by atoms with Gasteiger partial charge in [0.25, 0.3) is 5.91 Å². The van der Waals surface area contributed by atoms with Gasteiger partial charge >= 0.3 is 0 Å². The second-order valence-electron chi connectivity index (χ2n) is 6.56. The van der Waals surface area contributed by atoms with Crippen LogP contribution < -0.4 is 14.8 Å². The van der Waals surface area contributed by atoms with E-state index < -0.39 is 0 Å². The van der Waals surface area contributed by atoms with Crippen molar-refractivity contribution in [3.8, 4) is 11.5 Å².